The molecule has 0 saturated carbocycles. The lowest BCUT2D eigenvalue weighted by molar-refractivity contribution is -0.126. The summed E-state index contributed by atoms with van der Waals surface area (Å²) in [6, 6.07) is 5.11. The van der Waals surface area contributed by atoms with Gasteiger partial charge in [-0.3, -0.25) is 19.1 Å². The molecule has 0 radical (unpaired) electrons. The van der Waals surface area contributed by atoms with Crippen molar-refractivity contribution >= 4 is 51.5 Å². The maximum absolute atomic E-state index is 14.7. The minimum absolute atomic E-state index is 0.0448. The van der Waals surface area contributed by atoms with E-state index in [1.807, 2.05) is 19.9 Å². The summed E-state index contributed by atoms with van der Waals surface area (Å²) in [7, 11) is 0. The normalized spacial score (nSPS) is 13.4. The summed E-state index contributed by atoms with van der Waals surface area (Å²) in [6.45, 7) is 10.1. The number of anilines is 2. The van der Waals surface area contributed by atoms with Gasteiger partial charge >= 0.3 is 0 Å². The van der Waals surface area contributed by atoms with Gasteiger partial charge in [-0.2, -0.15) is 5.26 Å². The number of nitrogens with two attached hydrogens (primary N) is 1. The predicted octanol–water partition coefficient (Wildman–Crippen LogP) is 5.89. The number of aromatic nitrogens is 3. The Morgan fingerprint density at radius 3 is 2.40 bits per heavy atom. The smallest absolute Gasteiger partial charge is 0.276 e. The van der Waals surface area contributed by atoms with Crippen molar-refractivity contribution in [1.82, 2.24) is 19.4 Å². The zero-order valence-corrected chi connectivity index (χ0v) is 25.9. The third-order valence-electron chi connectivity index (χ3n) is 7.74. The largest absolute Gasteiger partial charge is 0.396 e. The molecule has 0 bridgehead atoms. The average molecular weight is 656 g/mol. The van der Waals surface area contributed by atoms with Gasteiger partial charge in [0.2, 0.25) is 5.91 Å². The maximum Gasteiger partial charge on any atom is 0.276 e. The number of pyridine rings is 3. The highest BCUT2D eigenvalue weighted by Crippen LogP contribution is 2.43. The monoisotopic (exact) mass is 655 g/mol. The molecule has 0 unspecified atom stereocenters. The third-order valence-corrected chi connectivity index (χ3v) is 8.38. The maximum atomic E-state index is 14.7. The van der Waals surface area contributed by atoms with Crippen LogP contribution in [0.2, 0.25) is 10.0 Å². The number of nitriles is 1. The molecule has 1 aliphatic rings. The summed E-state index contributed by atoms with van der Waals surface area (Å²) in [4.78, 5) is 39.0. The number of piperazine rings is 1. The van der Waals surface area contributed by atoms with E-state index in [0.29, 0.717) is 16.9 Å². The number of hydrogen-bond donors (Lipinski definition) is 1. The molecule has 1 fully saturated rings. The van der Waals surface area contributed by atoms with Crippen LogP contribution in [0.15, 0.2) is 35.8 Å². The van der Waals surface area contributed by atoms with E-state index in [4.69, 9.17) is 28.9 Å². The number of hydrogen-bond acceptors (Lipinski definition) is 7. The second kappa shape index (κ2) is 12.1. The minimum atomic E-state index is -1.86. The molecule has 9 nitrogen and oxygen atoms in total. The first-order valence-electron chi connectivity index (χ1n) is 13.8. The quantitative estimate of drug-likeness (QED) is 0.123. The van der Waals surface area contributed by atoms with Gasteiger partial charge < -0.3 is 15.5 Å². The van der Waals surface area contributed by atoms with Crippen molar-refractivity contribution in [2.24, 2.45) is 0 Å². The Morgan fingerprint density at radius 2 is 1.80 bits per heavy atom. The van der Waals surface area contributed by atoms with Crippen LogP contribution in [0.4, 0.5) is 24.5 Å². The number of halogens is 5. The van der Waals surface area contributed by atoms with Crippen LogP contribution in [0.1, 0.15) is 36.6 Å². The molecule has 1 aliphatic heterocycles. The van der Waals surface area contributed by atoms with Crippen LogP contribution in [0.25, 0.3) is 28.0 Å². The molecule has 1 aromatic carbocycles. The van der Waals surface area contributed by atoms with Gasteiger partial charge in [0.15, 0.2) is 17.5 Å². The van der Waals surface area contributed by atoms with E-state index in [0.717, 1.165) is 0 Å². The Balaban J connectivity index is 1.93. The molecule has 5 rings (SSSR count). The van der Waals surface area contributed by atoms with Crippen LogP contribution in [0.5, 0.6) is 0 Å². The fraction of sp³-hybridized carbons (Fsp3) is 0.258. The molecule has 0 aliphatic carbocycles. The van der Waals surface area contributed by atoms with Gasteiger partial charge in [0, 0.05) is 43.3 Å². The van der Waals surface area contributed by atoms with Crippen molar-refractivity contribution in [3.63, 3.8) is 0 Å². The summed E-state index contributed by atoms with van der Waals surface area (Å²) in [5.41, 5.74) is 4.92. The van der Waals surface area contributed by atoms with Crippen LogP contribution in [-0.2, 0) is 4.79 Å². The van der Waals surface area contributed by atoms with Crippen molar-refractivity contribution in [3.8, 4) is 23.0 Å². The Bertz CT molecular complexity index is 1990. The molecule has 45 heavy (non-hydrogen) atoms. The van der Waals surface area contributed by atoms with Gasteiger partial charge in [0.05, 0.1) is 38.5 Å². The van der Waals surface area contributed by atoms with Crippen molar-refractivity contribution < 1.29 is 18.0 Å². The van der Waals surface area contributed by atoms with Crippen LogP contribution < -0.4 is 16.2 Å². The van der Waals surface area contributed by atoms with E-state index in [2.05, 4.69) is 16.5 Å². The van der Waals surface area contributed by atoms with Crippen molar-refractivity contribution in [2.45, 2.75) is 26.7 Å². The van der Waals surface area contributed by atoms with E-state index in [1.54, 1.807) is 29.0 Å². The molecular formula is C31H26Cl2F3N7O2. The van der Waals surface area contributed by atoms with Crippen LogP contribution >= 0.6 is 23.2 Å². The number of rotatable bonds is 5. The van der Waals surface area contributed by atoms with Gasteiger partial charge in [-0.1, -0.05) is 43.6 Å². The van der Waals surface area contributed by atoms with E-state index in [-0.39, 0.29) is 71.0 Å². The zero-order chi connectivity index (χ0) is 32.9. The molecule has 1 saturated heterocycles. The highest BCUT2D eigenvalue weighted by molar-refractivity contribution is 6.37. The molecule has 14 heteroatoms. The number of aryl methyl sites for hydroxylation is 1. The lowest BCUT2D eigenvalue weighted by Crippen LogP contribution is -2.49. The van der Waals surface area contributed by atoms with Crippen LogP contribution in [0, 0.1) is 35.7 Å². The van der Waals surface area contributed by atoms with E-state index < -0.39 is 39.3 Å². The van der Waals surface area contributed by atoms with Crippen LogP contribution in [0.3, 0.4) is 0 Å². The molecule has 3 aromatic heterocycles. The highest BCUT2D eigenvalue weighted by Gasteiger charge is 2.31. The van der Waals surface area contributed by atoms with E-state index in [1.165, 1.54) is 16.7 Å². The molecule has 2 N–H and O–H groups in total. The summed E-state index contributed by atoms with van der Waals surface area (Å²) >= 11 is 12.8. The lowest BCUT2D eigenvalue weighted by atomic mass is 10.0. The summed E-state index contributed by atoms with van der Waals surface area (Å²) in [5.74, 6) is -5.67. The first kappa shape index (κ1) is 31.8. The number of benzene rings is 1. The molecule has 4 aromatic rings. The van der Waals surface area contributed by atoms with Gasteiger partial charge in [-0.25, -0.2) is 18.2 Å². The molecule has 4 heterocycles. The Morgan fingerprint density at radius 1 is 1.13 bits per heavy atom. The summed E-state index contributed by atoms with van der Waals surface area (Å²) in [6.07, 6.45) is 2.80. The predicted molar refractivity (Wildman–Crippen MR) is 167 cm³/mol. The Kier molecular flexibility index (Phi) is 8.53. The number of carbonyl (C=O) groups is 1. The number of nitrogens with zero attached hydrogens (tertiary/aromatic N) is 6. The van der Waals surface area contributed by atoms with Gasteiger partial charge in [0.25, 0.3) is 5.56 Å². The number of carbonyl (C=O) groups excluding carboxylic acids is 1. The van der Waals surface area contributed by atoms with Gasteiger partial charge in [-0.15, -0.1) is 0 Å². The molecule has 232 valence electrons. The minimum Gasteiger partial charge on any atom is -0.396 e. The summed E-state index contributed by atoms with van der Waals surface area (Å²) < 4.78 is 44.7. The fourth-order valence-electron chi connectivity index (χ4n) is 5.52. The number of amides is 1. The fourth-order valence-corrected chi connectivity index (χ4v) is 6.04. The topological polar surface area (TPSA) is 121 Å². The second-order valence-corrected chi connectivity index (χ2v) is 11.5. The Labute approximate surface area is 265 Å². The standard InChI is InChI=1S/C31H26Cl2F3N7O2/c1-5-19(44)41-8-10-42(11-9-41)29-16-12-18(32)27(20-21(33)22(34)23(35)24(36)25(20)38)40-30(16)43(31(45)17(29)13-37)28-15(4)6-7-39-26(28)14(2)3/h5-7,12,14H,1,8-11,38H2,2-4H3. The van der Waals surface area contributed by atoms with Gasteiger partial charge in [-0.05, 0) is 36.6 Å². The third kappa shape index (κ3) is 5.15. The summed E-state index contributed by atoms with van der Waals surface area (Å²) in [5, 5.41) is 9.56. The van der Waals surface area contributed by atoms with E-state index in [9.17, 15) is 28.0 Å². The lowest BCUT2D eigenvalue weighted by Gasteiger charge is -2.36. The molecule has 0 atom stereocenters. The average Bonchev–Trinajstić information content (AvgIpc) is 3.02. The first-order chi connectivity index (χ1) is 21.3. The van der Waals surface area contributed by atoms with Crippen molar-refractivity contribution in [2.75, 3.05) is 36.8 Å². The molecule has 0 spiro atoms. The zero-order valence-electron chi connectivity index (χ0n) is 24.4. The second-order valence-electron chi connectivity index (χ2n) is 10.7. The van der Waals surface area contributed by atoms with Crippen LogP contribution in [-0.4, -0.2) is 51.5 Å². The Hall–Kier alpha value is -4.60. The van der Waals surface area contributed by atoms with E-state index >= 15 is 0 Å². The number of nitrogen functional groups attached to an aromatic ring is 1. The molecular weight excluding hydrogens is 630 g/mol. The highest BCUT2D eigenvalue weighted by atomic mass is 35.5. The molecule has 1 amide bonds. The van der Waals surface area contributed by atoms with Gasteiger partial charge in [0.1, 0.15) is 17.3 Å². The van der Waals surface area contributed by atoms with Crippen molar-refractivity contribution in [3.05, 3.63) is 85.7 Å². The SMILES string of the molecule is C=CC(=O)N1CCN(c2c(C#N)c(=O)n(-c3c(C)ccnc3C(C)C)c3nc(-c4c(N)c(F)c(F)c(F)c4Cl)c(Cl)cc23)CC1. The first-order valence-corrected chi connectivity index (χ1v) is 14.5. The number of fused-ring (bicyclic) bond motifs is 1. The van der Waals surface area contributed by atoms with Crippen molar-refractivity contribution in [1.29, 1.82) is 5.26 Å².